The number of rotatable bonds is 6. The molecule has 1 atom stereocenters. The Kier molecular flexibility index (Phi) is 6.04. The highest BCUT2D eigenvalue weighted by Crippen LogP contribution is 2.36. The third kappa shape index (κ3) is 4.25. The maximum Gasteiger partial charge on any atom is 0.0877 e. The summed E-state index contributed by atoms with van der Waals surface area (Å²) in [6, 6.07) is 8.68. The summed E-state index contributed by atoms with van der Waals surface area (Å²) in [4.78, 5) is 6.35. The number of benzene rings is 1. The molecule has 7 heteroatoms. The van der Waals surface area contributed by atoms with E-state index in [2.05, 4.69) is 49.6 Å². The lowest BCUT2D eigenvalue weighted by molar-refractivity contribution is 0.00495. The van der Waals surface area contributed by atoms with Crippen molar-refractivity contribution in [3.8, 4) is 10.4 Å². The molecule has 0 radical (unpaired) electrons. The lowest BCUT2D eigenvalue weighted by Crippen LogP contribution is -2.49. The Hall–Kier alpha value is -1.93. The van der Waals surface area contributed by atoms with Gasteiger partial charge in [0.1, 0.15) is 0 Å². The minimum Gasteiger partial charge on any atom is -0.384 e. The van der Waals surface area contributed by atoms with Gasteiger partial charge in [-0.25, -0.2) is 0 Å². The molecule has 5 rings (SSSR count). The first-order valence-electron chi connectivity index (χ1n) is 10.9. The molecule has 30 heavy (non-hydrogen) atoms. The van der Waals surface area contributed by atoms with Crippen molar-refractivity contribution in [3.05, 3.63) is 35.8 Å². The first kappa shape index (κ1) is 20.0. The number of ether oxygens (including phenoxy) is 2. The van der Waals surface area contributed by atoms with Crippen molar-refractivity contribution < 1.29 is 9.47 Å². The molecule has 2 saturated heterocycles. The molecule has 0 amide bonds. The maximum absolute atomic E-state index is 6.13. The van der Waals surface area contributed by atoms with Gasteiger partial charge in [0.05, 0.1) is 24.4 Å². The lowest BCUT2D eigenvalue weighted by atomic mass is 9.97. The van der Waals surface area contributed by atoms with Crippen LogP contribution in [0.5, 0.6) is 0 Å². The number of anilines is 1. The second-order valence-electron chi connectivity index (χ2n) is 8.44. The number of fused-ring (bicyclic) bond motifs is 1. The van der Waals surface area contributed by atoms with E-state index in [1.807, 2.05) is 24.6 Å². The van der Waals surface area contributed by atoms with Crippen LogP contribution in [0.4, 0.5) is 5.69 Å². The topological polar surface area (TPSA) is 53.6 Å². The number of morpholine rings is 1. The number of likely N-dealkylation sites (tertiary alicyclic amines) is 1. The van der Waals surface area contributed by atoms with E-state index in [1.54, 1.807) is 0 Å². The molecule has 2 aromatic heterocycles. The number of methoxy groups -OCH3 is 1. The highest BCUT2D eigenvalue weighted by molar-refractivity contribution is 7.14. The molecule has 3 aromatic rings. The molecule has 1 unspecified atom stereocenters. The average Bonchev–Trinajstić information content (AvgIpc) is 3.45. The number of aromatic nitrogens is 2. The predicted molar refractivity (Wildman–Crippen MR) is 122 cm³/mol. The molecule has 2 fully saturated rings. The Bertz CT molecular complexity index is 963. The highest BCUT2D eigenvalue weighted by atomic mass is 32.1. The zero-order valence-corrected chi connectivity index (χ0v) is 18.4. The molecule has 0 saturated carbocycles. The van der Waals surface area contributed by atoms with Gasteiger partial charge >= 0.3 is 0 Å². The first-order chi connectivity index (χ1) is 14.8. The van der Waals surface area contributed by atoms with E-state index in [0.717, 1.165) is 57.4 Å². The van der Waals surface area contributed by atoms with Crippen molar-refractivity contribution in [1.82, 2.24) is 15.1 Å². The number of nitrogens with one attached hydrogen (secondary N) is 1. The molecule has 4 heterocycles. The molecule has 0 bridgehead atoms. The van der Waals surface area contributed by atoms with Crippen LogP contribution in [-0.2, 0) is 9.47 Å². The van der Waals surface area contributed by atoms with Gasteiger partial charge in [-0.15, -0.1) is 11.3 Å². The molecule has 0 aliphatic carbocycles. The van der Waals surface area contributed by atoms with E-state index in [4.69, 9.17) is 9.47 Å². The summed E-state index contributed by atoms with van der Waals surface area (Å²) in [7, 11) is 1.81. The summed E-state index contributed by atoms with van der Waals surface area (Å²) in [6.07, 6.45) is 4.67. The summed E-state index contributed by atoms with van der Waals surface area (Å²) in [5, 5.41) is 10.7. The second-order valence-corrected chi connectivity index (χ2v) is 9.36. The number of hydrogen-bond donors (Lipinski definition) is 1. The fourth-order valence-corrected chi connectivity index (χ4v) is 5.70. The van der Waals surface area contributed by atoms with Gasteiger partial charge in [0.25, 0.3) is 0 Å². The summed E-state index contributed by atoms with van der Waals surface area (Å²) in [5.74, 6) is 0.721. The Morgan fingerprint density at radius 1 is 1.27 bits per heavy atom. The SMILES string of the molecule is COCC1CCN(CC2CN(c3csc(-c4cccc5[nH]ncc45)c3)CCO2)CC1. The third-order valence-corrected chi connectivity index (χ3v) is 7.36. The fraction of sp³-hybridized carbons (Fsp3) is 0.522. The third-order valence-electron chi connectivity index (χ3n) is 6.41. The van der Waals surface area contributed by atoms with E-state index >= 15 is 0 Å². The van der Waals surface area contributed by atoms with E-state index in [9.17, 15) is 0 Å². The normalized spacial score (nSPS) is 21.5. The molecule has 160 valence electrons. The molecule has 6 nitrogen and oxygen atoms in total. The highest BCUT2D eigenvalue weighted by Gasteiger charge is 2.26. The zero-order valence-electron chi connectivity index (χ0n) is 17.5. The molecule has 0 spiro atoms. The van der Waals surface area contributed by atoms with Gasteiger partial charge < -0.3 is 19.3 Å². The van der Waals surface area contributed by atoms with E-state index < -0.39 is 0 Å². The Morgan fingerprint density at radius 2 is 2.17 bits per heavy atom. The van der Waals surface area contributed by atoms with E-state index in [-0.39, 0.29) is 6.10 Å². The first-order valence-corrected chi connectivity index (χ1v) is 11.8. The van der Waals surface area contributed by atoms with Crippen LogP contribution in [0.2, 0.25) is 0 Å². The van der Waals surface area contributed by atoms with Crippen molar-refractivity contribution in [3.63, 3.8) is 0 Å². The molecular weight excluding hydrogens is 396 g/mol. The van der Waals surface area contributed by atoms with Gasteiger partial charge in [0.2, 0.25) is 0 Å². The predicted octanol–water partition coefficient (Wildman–Crippen LogP) is 3.86. The zero-order chi connectivity index (χ0) is 20.3. The van der Waals surface area contributed by atoms with Crippen LogP contribution in [0.15, 0.2) is 35.8 Å². The minimum atomic E-state index is 0.276. The summed E-state index contributed by atoms with van der Waals surface area (Å²) in [6.45, 7) is 6.96. The van der Waals surface area contributed by atoms with E-state index in [0.29, 0.717) is 0 Å². The number of H-pyrrole nitrogens is 1. The second kappa shape index (κ2) is 9.06. The van der Waals surface area contributed by atoms with Crippen molar-refractivity contribution in [2.75, 3.05) is 57.9 Å². The standard InChI is InChI=1S/C23H30N4O2S/c1-28-15-17-5-7-26(8-6-17)13-19-14-27(9-10-29-19)18-11-23(30-16-18)20-3-2-4-22-21(20)12-24-25-22/h2-4,11-12,16-17,19H,5-10,13-15H2,1H3,(H,24,25). The number of piperidine rings is 1. The quantitative estimate of drug-likeness (QED) is 0.649. The summed E-state index contributed by atoms with van der Waals surface area (Å²) >= 11 is 1.81. The van der Waals surface area contributed by atoms with Crippen LogP contribution in [0.1, 0.15) is 12.8 Å². The van der Waals surface area contributed by atoms with Gasteiger partial charge in [-0.3, -0.25) is 5.10 Å². The Morgan fingerprint density at radius 3 is 3.03 bits per heavy atom. The van der Waals surface area contributed by atoms with Gasteiger partial charge in [0, 0.05) is 60.2 Å². The van der Waals surface area contributed by atoms with Crippen molar-refractivity contribution in [2.24, 2.45) is 5.92 Å². The number of hydrogen-bond acceptors (Lipinski definition) is 6. The number of aromatic amines is 1. The van der Waals surface area contributed by atoms with Crippen LogP contribution in [-0.4, -0.2) is 74.2 Å². The van der Waals surface area contributed by atoms with Crippen molar-refractivity contribution in [2.45, 2.75) is 18.9 Å². The minimum absolute atomic E-state index is 0.276. The largest absolute Gasteiger partial charge is 0.384 e. The van der Waals surface area contributed by atoms with Crippen LogP contribution in [0.25, 0.3) is 21.3 Å². The van der Waals surface area contributed by atoms with E-state index in [1.165, 1.54) is 34.4 Å². The fourth-order valence-electron chi connectivity index (χ4n) is 4.74. The molecule has 2 aliphatic heterocycles. The summed E-state index contributed by atoms with van der Waals surface area (Å²) in [5.41, 5.74) is 3.65. The van der Waals surface area contributed by atoms with Crippen LogP contribution in [0.3, 0.4) is 0 Å². The lowest BCUT2D eigenvalue weighted by Gasteiger charge is -2.38. The van der Waals surface area contributed by atoms with Crippen LogP contribution >= 0.6 is 11.3 Å². The Balaban J connectivity index is 1.22. The van der Waals surface area contributed by atoms with Gasteiger partial charge in [-0.05, 0) is 44.0 Å². The molecule has 1 N–H and O–H groups in total. The van der Waals surface area contributed by atoms with Gasteiger partial charge in [-0.2, -0.15) is 5.10 Å². The van der Waals surface area contributed by atoms with Crippen molar-refractivity contribution >= 4 is 27.9 Å². The molecular formula is C23H30N4O2S. The number of thiophene rings is 1. The monoisotopic (exact) mass is 426 g/mol. The van der Waals surface area contributed by atoms with Gasteiger partial charge in [-0.1, -0.05) is 12.1 Å². The Labute approximate surface area is 181 Å². The van der Waals surface area contributed by atoms with Gasteiger partial charge in [0.15, 0.2) is 0 Å². The van der Waals surface area contributed by atoms with Crippen LogP contribution in [0, 0.1) is 5.92 Å². The maximum atomic E-state index is 6.13. The van der Waals surface area contributed by atoms with Crippen LogP contribution < -0.4 is 4.90 Å². The number of nitrogens with zero attached hydrogens (tertiary/aromatic N) is 3. The smallest absolute Gasteiger partial charge is 0.0877 e. The van der Waals surface area contributed by atoms with Crippen molar-refractivity contribution in [1.29, 1.82) is 0 Å². The average molecular weight is 427 g/mol. The summed E-state index contributed by atoms with van der Waals surface area (Å²) < 4.78 is 11.5. The molecule has 1 aromatic carbocycles. The molecule has 2 aliphatic rings.